The van der Waals surface area contributed by atoms with E-state index in [2.05, 4.69) is 10.3 Å². The minimum Gasteiger partial charge on any atom is -0.477 e. The molecule has 1 saturated carbocycles. The highest BCUT2D eigenvalue weighted by Gasteiger charge is 2.46. The molecule has 0 bridgehead atoms. The molecule has 1 aromatic heterocycles. The zero-order valence-electron chi connectivity index (χ0n) is 7.46. The summed E-state index contributed by atoms with van der Waals surface area (Å²) >= 11 is 1.78. The average molecular weight is 210 g/mol. The summed E-state index contributed by atoms with van der Waals surface area (Å²) < 4.78 is 0.355. The van der Waals surface area contributed by atoms with E-state index in [1.165, 1.54) is 12.8 Å². The molecule has 0 aromatic carbocycles. The molecule has 74 valence electrons. The average Bonchev–Trinajstić information content (AvgIpc) is 2.76. The monoisotopic (exact) mass is 210 g/mol. The number of hydrogen-bond donors (Lipinski definition) is 3. The quantitative estimate of drug-likeness (QED) is 0.661. The highest BCUT2D eigenvalue weighted by molar-refractivity contribution is 8.01. The summed E-state index contributed by atoms with van der Waals surface area (Å²) in [7, 11) is 0. The predicted octanol–water partition coefficient (Wildman–Crippen LogP) is 1.76. The number of fused-ring (bicyclic) bond motifs is 1. The summed E-state index contributed by atoms with van der Waals surface area (Å²) in [6.07, 6.45) is 2.46. The van der Waals surface area contributed by atoms with Gasteiger partial charge in [-0.15, -0.1) is 0 Å². The van der Waals surface area contributed by atoms with Gasteiger partial charge in [-0.25, -0.2) is 4.79 Å². The van der Waals surface area contributed by atoms with Crippen molar-refractivity contribution in [2.45, 2.75) is 22.6 Å². The molecular formula is C9H10N2O2S. The van der Waals surface area contributed by atoms with Crippen molar-refractivity contribution in [1.82, 2.24) is 4.98 Å². The van der Waals surface area contributed by atoms with Gasteiger partial charge in [0.25, 0.3) is 0 Å². The van der Waals surface area contributed by atoms with Gasteiger partial charge in [-0.1, -0.05) is 11.8 Å². The zero-order valence-corrected chi connectivity index (χ0v) is 8.28. The highest BCUT2D eigenvalue weighted by atomic mass is 32.2. The van der Waals surface area contributed by atoms with E-state index < -0.39 is 5.97 Å². The van der Waals surface area contributed by atoms with E-state index in [1.54, 1.807) is 17.8 Å². The Kier molecular flexibility index (Phi) is 1.45. The van der Waals surface area contributed by atoms with Crippen molar-refractivity contribution in [2.75, 3.05) is 11.9 Å². The number of hydrogen-bond acceptors (Lipinski definition) is 3. The van der Waals surface area contributed by atoms with Crippen molar-refractivity contribution in [3.63, 3.8) is 0 Å². The minimum absolute atomic E-state index is 0.271. The van der Waals surface area contributed by atoms with E-state index in [4.69, 9.17) is 5.11 Å². The Morgan fingerprint density at radius 2 is 2.36 bits per heavy atom. The second-order valence-electron chi connectivity index (χ2n) is 3.87. The molecule has 14 heavy (non-hydrogen) atoms. The van der Waals surface area contributed by atoms with Gasteiger partial charge in [0.15, 0.2) is 0 Å². The number of carboxylic acids is 1. The van der Waals surface area contributed by atoms with Crippen molar-refractivity contribution >= 4 is 23.4 Å². The van der Waals surface area contributed by atoms with Crippen molar-refractivity contribution in [1.29, 1.82) is 0 Å². The summed E-state index contributed by atoms with van der Waals surface area (Å²) in [4.78, 5) is 13.7. The molecule has 1 aliphatic heterocycles. The number of carbonyl (C=O) groups is 1. The number of H-pyrrole nitrogens is 1. The van der Waals surface area contributed by atoms with Crippen LogP contribution in [0.4, 0.5) is 5.69 Å². The molecule has 2 heterocycles. The second-order valence-corrected chi connectivity index (χ2v) is 5.35. The van der Waals surface area contributed by atoms with Crippen LogP contribution in [-0.2, 0) is 0 Å². The van der Waals surface area contributed by atoms with Crippen LogP contribution in [0, 0.1) is 0 Å². The number of carboxylic acid groups (broad SMARTS) is 1. The first-order valence-corrected chi connectivity index (χ1v) is 5.39. The summed E-state index contributed by atoms with van der Waals surface area (Å²) in [5, 5.41) is 13.1. The number of aromatic nitrogens is 1. The van der Waals surface area contributed by atoms with Gasteiger partial charge in [-0.3, -0.25) is 0 Å². The van der Waals surface area contributed by atoms with Crippen molar-refractivity contribution in [2.24, 2.45) is 0 Å². The molecule has 0 amide bonds. The SMILES string of the molecule is O=C(O)c1cc2c([nH]1)SC1(CC1)CN2. The van der Waals surface area contributed by atoms with E-state index in [9.17, 15) is 4.79 Å². The third kappa shape index (κ3) is 1.12. The maximum absolute atomic E-state index is 10.7. The van der Waals surface area contributed by atoms with Gasteiger partial charge in [-0.2, -0.15) is 0 Å². The molecule has 5 heteroatoms. The molecule has 0 radical (unpaired) electrons. The first-order chi connectivity index (χ1) is 6.69. The first-order valence-electron chi connectivity index (χ1n) is 4.58. The standard InChI is InChI=1S/C9H10N2O2S/c12-8(13)6-3-5-7(11-6)14-9(1-2-9)4-10-5/h3,10-11H,1-2,4H2,(H,12,13). The van der Waals surface area contributed by atoms with Crippen LogP contribution in [0.25, 0.3) is 0 Å². The van der Waals surface area contributed by atoms with E-state index in [1.807, 2.05) is 0 Å². The molecule has 0 atom stereocenters. The summed E-state index contributed by atoms with van der Waals surface area (Å²) in [5.74, 6) is -0.897. The topological polar surface area (TPSA) is 65.1 Å². The van der Waals surface area contributed by atoms with Crippen LogP contribution in [0.3, 0.4) is 0 Å². The first kappa shape index (κ1) is 8.23. The van der Waals surface area contributed by atoms with Gasteiger partial charge in [0.2, 0.25) is 0 Å². The lowest BCUT2D eigenvalue weighted by Gasteiger charge is -2.21. The smallest absolute Gasteiger partial charge is 0.352 e. The third-order valence-electron chi connectivity index (χ3n) is 2.74. The fourth-order valence-corrected chi connectivity index (χ4v) is 2.98. The summed E-state index contributed by atoms with van der Waals surface area (Å²) in [5.41, 5.74) is 1.21. The number of aromatic carboxylic acids is 1. The molecule has 4 nitrogen and oxygen atoms in total. The molecule has 1 aromatic rings. The maximum atomic E-state index is 10.7. The summed E-state index contributed by atoms with van der Waals surface area (Å²) in [6.45, 7) is 0.960. The molecule has 1 spiro atoms. The Morgan fingerprint density at radius 3 is 3.00 bits per heavy atom. The van der Waals surface area contributed by atoms with E-state index in [0.717, 1.165) is 17.3 Å². The van der Waals surface area contributed by atoms with Gasteiger partial charge in [0, 0.05) is 11.3 Å². The van der Waals surface area contributed by atoms with Gasteiger partial charge < -0.3 is 15.4 Å². The lowest BCUT2D eigenvalue weighted by molar-refractivity contribution is 0.0691. The highest BCUT2D eigenvalue weighted by Crippen LogP contribution is 2.55. The molecule has 1 fully saturated rings. The van der Waals surface area contributed by atoms with Crippen molar-refractivity contribution in [3.05, 3.63) is 11.8 Å². The zero-order chi connectivity index (χ0) is 9.76. The van der Waals surface area contributed by atoms with Crippen LogP contribution in [-0.4, -0.2) is 27.4 Å². The summed E-state index contributed by atoms with van der Waals surface area (Å²) in [6, 6.07) is 1.67. The fourth-order valence-electron chi connectivity index (χ4n) is 1.69. The van der Waals surface area contributed by atoms with Crippen LogP contribution in [0.1, 0.15) is 23.3 Å². The molecule has 2 aliphatic rings. The Balaban J connectivity index is 1.97. The number of rotatable bonds is 1. The molecule has 1 aliphatic carbocycles. The largest absolute Gasteiger partial charge is 0.477 e. The second kappa shape index (κ2) is 2.48. The number of anilines is 1. The van der Waals surface area contributed by atoms with Crippen LogP contribution in [0.5, 0.6) is 0 Å². The number of aromatic amines is 1. The van der Waals surface area contributed by atoms with Crippen LogP contribution < -0.4 is 5.32 Å². The predicted molar refractivity (Wildman–Crippen MR) is 54.1 cm³/mol. The lowest BCUT2D eigenvalue weighted by Crippen LogP contribution is -2.21. The maximum Gasteiger partial charge on any atom is 0.352 e. The molecule has 3 N–H and O–H groups in total. The van der Waals surface area contributed by atoms with E-state index in [0.29, 0.717) is 4.75 Å². The van der Waals surface area contributed by atoms with Crippen molar-refractivity contribution in [3.8, 4) is 0 Å². The Labute approximate surface area is 85.1 Å². The van der Waals surface area contributed by atoms with Crippen LogP contribution >= 0.6 is 11.8 Å². The van der Waals surface area contributed by atoms with Gasteiger partial charge in [-0.05, 0) is 18.9 Å². The lowest BCUT2D eigenvalue weighted by atomic mass is 10.3. The normalized spacial score (nSPS) is 21.4. The van der Waals surface area contributed by atoms with E-state index in [-0.39, 0.29) is 5.69 Å². The van der Waals surface area contributed by atoms with Crippen molar-refractivity contribution < 1.29 is 9.90 Å². The number of nitrogens with one attached hydrogen (secondary N) is 2. The fraction of sp³-hybridized carbons (Fsp3) is 0.444. The third-order valence-corrected chi connectivity index (χ3v) is 4.25. The molecule has 0 saturated heterocycles. The Bertz CT molecular complexity index is 409. The van der Waals surface area contributed by atoms with Crippen LogP contribution in [0.2, 0.25) is 0 Å². The molecule has 3 rings (SSSR count). The molecule has 0 unspecified atom stereocenters. The Hall–Kier alpha value is -1.10. The van der Waals surface area contributed by atoms with Crippen LogP contribution in [0.15, 0.2) is 11.1 Å². The van der Waals surface area contributed by atoms with Gasteiger partial charge in [0.05, 0.1) is 10.7 Å². The Morgan fingerprint density at radius 1 is 1.57 bits per heavy atom. The van der Waals surface area contributed by atoms with E-state index >= 15 is 0 Å². The van der Waals surface area contributed by atoms with Gasteiger partial charge >= 0.3 is 5.97 Å². The number of thioether (sulfide) groups is 1. The van der Waals surface area contributed by atoms with Gasteiger partial charge in [0.1, 0.15) is 5.69 Å². The molecular weight excluding hydrogens is 200 g/mol. The minimum atomic E-state index is -0.897.